The topological polar surface area (TPSA) is 0 Å². The van der Waals surface area contributed by atoms with Crippen LogP contribution in [-0.4, -0.2) is 0 Å². The van der Waals surface area contributed by atoms with E-state index in [1.165, 1.54) is 12.8 Å². The van der Waals surface area contributed by atoms with Crippen LogP contribution in [0.4, 0.5) is 0 Å². The molecule has 0 amide bonds. The van der Waals surface area contributed by atoms with Gasteiger partial charge in [0.2, 0.25) is 0 Å². The summed E-state index contributed by atoms with van der Waals surface area (Å²) < 4.78 is 0. The van der Waals surface area contributed by atoms with Crippen LogP contribution >= 0.6 is 0 Å². The quantitative estimate of drug-likeness (QED) is 0.402. The third kappa shape index (κ3) is 0.425. The first-order chi connectivity index (χ1) is 3.36. The molecular weight excluding hydrogens is 84.1 g/mol. The molecule has 0 nitrogen and oxygen atoms in total. The second-order valence-electron chi connectivity index (χ2n) is 2.88. The Balaban J connectivity index is 2.22. The van der Waals surface area contributed by atoms with E-state index in [9.17, 15) is 0 Å². The maximum atomic E-state index is 2.44. The molecule has 0 aromatic rings. The van der Waals surface area contributed by atoms with Gasteiger partial charge in [-0.1, -0.05) is 11.6 Å². The van der Waals surface area contributed by atoms with Crippen LogP contribution in [0.5, 0.6) is 0 Å². The fraction of sp³-hybridized carbons (Fsp3) is 0.714. The SMILES string of the molecule is CC1=C[C@H]2CC2C1. The van der Waals surface area contributed by atoms with E-state index in [0.717, 1.165) is 11.8 Å². The van der Waals surface area contributed by atoms with Crippen LogP contribution in [-0.2, 0) is 0 Å². The van der Waals surface area contributed by atoms with Gasteiger partial charge in [0.05, 0.1) is 0 Å². The maximum Gasteiger partial charge on any atom is -0.0196 e. The summed E-state index contributed by atoms with van der Waals surface area (Å²) >= 11 is 0. The minimum atomic E-state index is 1.03. The second kappa shape index (κ2) is 0.936. The Morgan fingerprint density at radius 2 is 2.57 bits per heavy atom. The zero-order valence-corrected chi connectivity index (χ0v) is 4.65. The van der Waals surface area contributed by atoms with E-state index >= 15 is 0 Å². The Labute approximate surface area is 44.2 Å². The summed E-state index contributed by atoms with van der Waals surface area (Å²) in [6.07, 6.45) is 5.34. The van der Waals surface area contributed by atoms with Gasteiger partial charge in [-0.05, 0) is 31.6 Å². The smallest absolute Gasteiger partial charge is 0.0196 e. The van der Waals surface area contributed by atoms with Crippen LogP contribution < -0.4 is 0 Å². The van der Waals surface area contributed by atoms with Crippen molar-refractivity contribution < 1.29 is 0 Å². The number of rotatable bonds is 0. The van der Waals surface area contributed by atoms with Crippen molar-refractivity contribution >= 4 is 0 Å². The molecule has 2 aliphatic rings. The van der Waals surface area contributed by atoms with Gasteiger partial charge in [-0.15, -0.1) is 0 Å². The van der Waals surface area contributed by atoms with Gasteiger partial charge in [0.1, 0.15) is 0 Å². The van der Waals surface area contributed by atoms with E-state index in [0.29, 0.717) is 0 Å². The Morgan fingerprint density at radius 3 is 2.86 bits per heavy atom. The molecule has 0 N–H and O–H groups in total. The number of allylic oxidation sites excluding steroid dienone is 2. The number of hydrogen-bond donors (Lipinski definition) is 0. The van der Waals surface area contributed by atoms with Crippen LogP contribution in [0.2, 0.25) is 0 Å². The molecule has 2 atom stereocenters. The third-order valence-corrected chi connectivity index (χ3v) is 2.06. The first-order valence-corrected chi connectivity index (χ1v) is 3.03. The lowest BCUT2D eigenvalue weighted by molar-refractivity contribution is 0.829. The molecule has 0 radical (unpaired) electrons. The van der Waals surface area contributed by atoms with E-state index in [1.807, 2.05) is 0 Å². The second-order valence-corrected chi connectivity index (χ2v) is 2.88. The van der Waals surface area contributed by atoms with Gasteiger partial charge < -0.3 is 0 Å². The molecule has 0 heterocycles. The Morgan fingerprint density at radius 1 is 1.71 bits per heavy atom. The van der Waals surface area contributed by atoms with Gasteiger partial charge in [0.15, 0.2) is 0 Å². The summed E-state index contributed by atoms with van der Waals surface area (Å²) in [5.41, 5.74) is 1.63. The average Bonchev–Trinajstić information content (AvgIpc) is 2.15. The van der Waals surface area contributed by atoms with E-state index < -0.39 is 0 Å². The van der Waals surface area contributed by atoms with Crippen LogP contribution in [0.1, 0.15) is 19.8 Å². The Bertz CT molecular complexity index is 122. The van der Waals surface area contributed by atoms with Crippen molar-refractivity contribution in [3.05, 3.63) is 11.6 Å². The first kappa shape index (κ1) is 3.71. The minimum absolute atomic E-state index is 1.03. The highest BCUT2D eigenvalue weighted by atomic mass is 14.4. The molecule has 1 unspecified atom stereocenters. The van der Waals surface area contributed by atoms with Gasteiger partial charge in [-0.25, -0.2) is 0 Å². The molecular formula is C7H10. The van der Waals surface area contributed by atoms with Crippen molar-refractivity contribution in [3.8, 4) is 0 Å². The van der Waals surface area contributed by atoms with E-state index in [2.05, 4.69) is 13.0 Å². The van der Waals surface area contributed by atoms with E-state index in [1.54, 1.807) is 5.57 Å². The molecule has 0 bridgehead atoms. The summed E-state index contributed by atoms with van der Waals surface area (Å²) in [6.45, 7) is 2.24. The fourth-order valence-electron chi connectivity index (χ4n) is 1.56. The summed E-state index contributed by atoms with van der Waals surface area (Å²) in [5, 5.41) is 0. The Kier molecular flexibility index (Phi) is 0.495. The zero-order valence-electron chi connectivity index (χ0n) is 4.65. The van der Waals surface area contributed by atoms with Gasteiger partial charge in [0.25, 0.3) is 0 Å². The highest BCUT2D eigenvalue weighted by Gasteiger charge is 2.38. The van der Waals surface area contributed by atoms with Crippen molar-refractivity contribution in [2.45, 2.75) is 19.8 Å². The highest BCUT2D eigenvalue weighted by Crippen LogP contribution is 2.49. The van der Waals surface area contributed by atoms with Crippen molar-refractivity contribution in [1.29, 1.82) is 0 Å². The molecule has 38 valence electrons. The number of fused-ring (bicyclic) bond motifs is 1. The summed E-state index contributed by atoms with van der Waals surface area (Å²) in [4.78, 5) is 0. The predicted octanol–water partition coefficient (Wildman–Crippen LogP) is 1.97. The minimum Gasteiger partial charge on any atom is -0.0822 e. The normalized spacial score (nSPS) is 45.6. The Hall–Kier alpha value is -0.260. The molecule has 1 saturated carbocycles. The molecule has 0 saturated heterocycles. The molecule has 0 aliphatic heterocycles. The summed E-state index contributed by atoms with van der Waals surface area (Å²) in [7, 11) is 0. The van der Waals surface area contributed by atoms with Crippen LogP contribution in [0.25, 0.3) is 0 Å². The van der Waals surface area contributed by atoms with Gasteiger partial charge in [-0.3, -0.25) is 0 Å². The lowest BCUT2D eigenvalue weighted by Crippen LogP contribution is -1.69. The molecule has 1 fully saturated rings. The molecule has 0 heteroatoms. The van der Waals surface area contributed by atoms with Crippen molar-refractivity contribution in [3.63, 3.8) is 0 Å². The van der Waals surface area contributed by atoms with Crippen molar-refractivity contribution in [2.24, 2.45) is 11.8 Å². The zero-order chi connectivity index (χ0) is 4.85. The van der Waals surface area contributed by atoms with Crippen LogP contribution in [0.15, 0.2) is 11.6 Å². The summed E-state index contributed by atoms with van der Waals surface area (Å²) in [6, 6.07) is 0. The monoisotopic (exact) mass is 94.1 g/mol. The molecule has 0 aromatic carbocycles. The summed E-state index contributed by atoms with van der Waals surface area (Å²) in [5.74, 6) is 2.12. The molecule has 2 aliphatic carbocycles. The van der Waals surface area contributed by atoms with Crippen LogP contribution in [0.3, 0.4) is 0 Å². The lowest BCUT2D eigenvalue weighted by Gasteiger charge is -1.86. The molecule has 2 rings (SSSR count). The number of hydrogen-bond acceptors (Lipinski definition) is 0. The molecule has 0 aromatic heterocycles. The van der Waals surface area contributed by atoms with Crippen LogP contribution in [0, 0.1) is 11.8 Å². The average molecular weight is 94.2 g/mol. The van der Waals surface area contributed by atoms with Gasteiger partial charge in [-0.2, -0.15) is 0 Å². The third-order valence-electron chi connectivity index (χ3n) is 2.06. The fourth-order valence-corrected chi connectivity index (χ4v) is 1.56. The predicted molar refractivity (Wildman–Crippen MR) is 30.0 cm³/mol. The molecule has 7 heavy (non-hydrogen) atoms. The standard InChI is InChI=1S/C7H10/c1-5-2-6-4-7(6)3-5/h2,6-7H,3-4H2,1H3/t6-,7?/m0/s1. The first-order valence-electron chi connectivity index (χ1n) is 3.03. The van der Waals surface area contributed by atoms with Crippen molar-refractivity contribution in [2.75, 3.05) is 0 Å². The van der Waals surface area contributed by atoms with Gasteiger partial charge in [0, 0.05) is 0 Å². The van der Waals surface area contributed by atoms with E-state index in [4.69, 9.17) is 0 Å². The highest BCUT2D eigenvalue weighted by molar-refractivity contribution is 5.19. The lowest BCUT2D eigenvalue weighted by atomic mass is 10.2. The van der Waals surface area contributed by atoms with Crippen molar-refractivity contribution in [1.82, 2.24) is 0 Å². The van der Waals surface area contributed by atoms with E-state index in [-0.39, 0.29) is 0 Å². The maximum absolute atomic E-state index is 2.44. The van der Waals surface area contributed by atoms with Gasteiger partial charge >= 0.3 is 0 Å². The molecule has 0 spiro atoms. The largest absolute Gasteiger partial charge is 0.0822 e.